The molecule has 0 aromatic heterocycles. The number of hydrogen-bond acceptors (Lipinski definition) is 4. The minimum atomic E-state index is -0.980. The summed E-state index contributed by atoms with van der Waals surface area (Å²) < 4.78 is 5.33. The van der Waals surface area contributed by atoms with Crippen molar-refractivity contribution in [1.29, 1.82) is 5.26 Å². The van der Waals surface area contributed by atoms with E-state index in [1.807, 2.05) is 24.3 Å². The van der Waals surface area contributed by atoms with E-state index in [0.717, 1.165) is 5.56 Å². The minimum absolute atomic E-state index is 0.0251. The topological polar surface area (TPSA) is 82.3 Å². The molecule has 2 N–H and O–H groups in total. The Kier molecular flexibility index (Phi) is 4.78. The van der Waals surface area contributed by atoms with Gasteiger partial charge in [0.15, 0.2) is 6.61 Å². The minimum Gasteiger partial charge on any atom is -0.478 e. The van der Waals surface area contributed by atoms with Crippen molar-refractivity contribution in [2.75, 3.05) is 11.9 Å². The molecule has 2 aromatic carbocycles. The molecule has 106 valence electrons. The van der Waals surface area contributed by atoms with Gasteiger partial charge in [0.05, 0.1) is 5.56 Å². The van der Waals surface area contributed by atoms with E-state index in [2.05, 4.69) is 5.32 Å². The van der Waals surface area contributed by atoms with E-state index in [4.69, 9.17) is 15.1 Å². The van der Waals surface area contributed by atoms with Crippen LogP contribution in [0.1, 0.15) is 15.9 Å². The Hall–Kier alpha value is -3.00. The van der Waals surface area contributed by atoms with Crippen LogP contribution in [-0.4, -0.2) is 17.7 Å². The van der Waals surface area contributed by atoms with Crippen molar-refractivity contribution in [3.8, 4) is 11.8 Å². The normalized spacial score (nSPS) is 9.67. The van der Waals surface area contributed by atoms with Gasteiger partial charge in [-0.25, -0.2) is 4.79 Å². The van der Waals surface area contributed by atoms with Gasteiger partial charge in [0.25, 0.3) is 0 Å². The van der Waals surface area contributed by atoms with Crippen LogP contribution in [0.4, 0.5) is 5.69 Å². The summed E-state index contributed by atoms with van der Waals surface area (Å²) >= 11 is 0. The predicted molar refractivity (Wildman–Crippen MR) is 78.3 cm³/mol. The quantitative estimate of drug-likeness (QED) is 0.851. The summed E-state index contributed by atoms with van der Waals surface area (Å²) in [6, 6.07) is 15.9. The lowest BCUT2D eigenvalue weighted by Crippen LogP contribution is -2.07. The summed E-state index contributed by atoms with van der Waals surface area (Å²) in [5.74, 6) is -0.369. The number of carbonyl (C=O) groups is 1. The third-order valence-corrected chi connectivity index (χ3v) is 2.89. The number of ether oxygens (including phenoxy) is 1. The molecular weight excluding hydrogens is 268 g/mol. The summed E-state index contributed by atoms with van der Waals surface area (Å²) in [6.07, 6.45) is 0. The molecule has 0 heterocycles. The maximum absolute atomic E-state index is 11.1. The summed E-state index contributed by atoms with van der Waals surface area (Å²) in [6.45, 7) is 0.384. The lowest BCUT2D eigenvalue weighted by atomic mass is 10.1. The van der Waals surface area contributed by atoms with Gasteiger partial charge in [-0.05, 0) is 18.2 Å². The molecule has 0 atom stereocenters. The van der Waals surface area contributed by atoms with Gasteiger partial charge in [-0.3, -0.25) is 0 Å². The molecule has 0 aliphatic heterocycles. The van der Waals surface area contributed by atoms with Crippen LogP contribution in [0.5, 0.6) is 5.75 Å². The molecule has 5 nitrogen and oxygen atoms in total. The van der Waals surface area contributed by atoms with Crippen LogP contribution in [0.3, 0.4) is 0 Å². The number of nitrogens with zero attached hydrogens (tertiary/aromatic N) is 1. The zero-order valence-corrected chi connectivity index (χ0v) is 11.2. The van der Waals surface area contributed by atoms with E-state index in [1.165, 1.54) is 0 Å². The van der Waals surface area contributed by atoms with Crippen molar-refractivity contribution >= 4 is 11.7 Å². The smallest absolute Gasteiger partial charge is 0.337 e. The number of rotatable bonds is 6. The van der Waals surface area contributed by atoms with Crippen LogP contribution in [0.15, 0.2) is 48.5 Å². The predicted octanol–water partition coefficient (Wildman–Crippen LogP) is 2.90. The van der Waals surface area contributed by atoms with E-state index < -0.39 is 5.97 Å². The molecule has 2 aromatic rings. The number of para-hydroxylation sites is 2. The molecule has 0 saturated carbocycles. The van der Waals surface area contributed by atoms with Gasteiger partial charge < -0.3 is 15.2 Å². The van der Waals surface area contributed by atoms with Crippen molar-refractivity contribution in [3.05, 3.63) is 59.7 Å². The average Bonchev–Trinajstić information content (AvgIpc) is 2.52. The molecule has 21 heavy (non-hydrogen) atoms. The number of benzene rings is 2. The Morgan fingerprint density at radius 1 is 1.19 bits per heavy atom. The van der Waals surface area contributed by atoms with Crippen molar-refractivity contribution in [1.82, 2.24) is 0 Å². The monoisotopic (exact) mass is 282 g/mol. The highest BCUT2D eigenvalue weighted by Gasteiger charge is 2.09. The van der Waals surface area contributed by atoms with Crippen molar-refractivity contribution in [2.24, 2.45) is 0 Å². The van der Waals surface area contributed by atoms with Gasteiger partial charge in [0.1, 0.15) is 11.8 Å². The summed E-state index contributed by atoms with van der Waals surface area (Å²) in [5.41, 5.74) is 1.61. The first-order valence-electron chi connectivity index (χ1n) is 6.36. The fourth-order valence-electron chi connectivity index (χ4n) is 1.91. The average molecular weight is 282 g/mol. The highest BCUT2D eigenvalue weighted by Crippen LogP contribution is 2.21. The Morgan fingerprint density at radius 2 is 1.90 bits per heavy atom. The number of carboxylic acids is 1. The fraction of sp³-hybridized carbons (Fsp3) is 0.125. The van der Waals surface area contributed by atoms with Gasteiger partial charge in [-0.2, -0.15) is 5.26 Å². The van der Waals surface area contributed by atoms with E-state index >= 15 is 0 Å². The van der Waals surface area contributed by atoms with Crippen LogP contribution < -0.4 is 10.1 Å². The van der Waals surface area contributed by atoms with Crippen molar-refractivity contribution in [2.45, 2.75) is 6.54 Å². The summed E-state index contributed by atoms with van der Waals surface area (Å²) in [7, 11) is 0. The van der Waals surface area contributed by atoms with Gasteiger partial charge in [0, 0.05) is 17.8 Å². The molecule has 0 aliphatic carbocycles. The number of anilines is 1. The number of nitriles is 1. The van der Waals surface area contributed by atoms with Gasteiger partial charge in [0.2, 0.25) is 0 Å². The number of carboxylic acid groups (broad SMARTS) is 1. The number of hydrogen-bond donors (Lipinski definition) is 2. The largest absolute Gasteiger partial charge is 0.478 e. The van der Waals surface area contributed by atoms with Gasteiger partial charge in [-0.15, -0.1) is 0 Å². The molecule has 0 amide bonds. The molecule has 0 unspecified atom stereocenters. The Bertz CT molecular complexity index is 677. The second kappa shape index (κ2) is 6.96. The first-order valence-corrected chi connectivity index (χ1v) is 6.36. The SMILES string of the molecule is N#CCOc1ccccc1CNc1ccccc1C(=O)O. The molecule has 0 radical (unpaired) electrons. The van der Waals surface area contributed by atoms with Crippen molar-refractivity contribution < 1.29 is 14.6 Å². The summed E-state index contributed by atoms with van der Waals surface area (Å²) in [4.78, 5) is 11.1. The Morgan fingerprint density at radius 3 is 2.67 bits per heavy atom. The lowest BCUT2D eigenvalue weighted by Gasteiger charge is -2.12. The lowest BCUT2D eigenvalue weighted by molar-refractivity contribution is 0.0698. The summed E-state index contributed by atoms with van der Waals surface area (Å²) in [5, 5.41) is 20.8. The van der Waals surface area contributed by atoms with Crippen LogP contribution >= 0.6 is 0 Å². The standard InChI is InChI=1S/C16H14N2O3/c17-9-10-21-15-8-4-1-5-12(15)11-18-14-7-3-2-6-13(14)16(19)20/h1-8,18H,10-11H2,(H,19,20). The first-order chi connectivity index (χ1) is 10.2. The molecule has 0 spiro atoms. The fourth-order valence-corrected chi connectivity index (χ4v) is 1.91. The number of nitrogens with one attached hydrogen (secondary N) is 1. The maximum atomic E-state index is 11.1. The third-order valence-electron chi connectivity index (χ3n) is 2.89. The van der Waals surface area contributed by atoms with Crippen LogP contribution in [0.25, 0.3) is 0 Å². The first kappa shape index (κ1) is 14.4. The maximum Gasteiger partial charge on any atom is 0.337 e. The van der Waals surface area contributed by atoms with E-state index in [0.29, 0.717) is 18.0 Å². The molecule has 0 aliphatic rings. The van der Waals surface area contributed by atoms with Crippen molar-refractivity contribution in [3.63, 3.8) is 0 Å². The number of aromatic carboxylic acids is 1. The molecule has 0 bridgehead atoms. The molecule has 2 rings (SSSR count). The van der Waals surface area contributed by atoms with E-state index in [1.54, 1.807) is 30.3 Å². The van der Waals surface area contributed by atoms with Crippen LogP contribution in [0.2, 0.25) is 0 Å². The zero-order valence-electron chi connectivity index (χ0n) is 11.2. The molecule has 0 fully saturated rings. The molecule has 0 saturated heterocycles. The van der Waals surface area contributed by atoms with E-state index in [9.17, 15) is 4.79 Å². The molecule has 5 heteroatoms. The third kappa shape index (κ3) is 3.74. The highest BCUT2D eigenvalue weighted by molar-refractivity contribution is 5.94. The molecular formula is C16H14N2O3. The Labute approximate surface area is 122 Å². The Balaban J connectivity index is 2.14. The van der Waals surface area contributed by atoms with E-state index in [-0.39, 0.29) is 12.2 Å². The zero-order chi connectivity index (χ0) is 15.1. The second-order valence-corrected chi connectivity index (χ2v) is 4.26. The van der Waals surface area contributed by atoms with Crippen LogP contribution in [-0.2, 0) is 6.54 Å². The highest BCUT2D eigenvalue weighted by atomic mass is 16.5. The van der Waals surface area contributed by atoms with Gasteiger partial charge >= 0.3 is 5.97 Å². The van der Waals surface area contributed by atoms with Gasteiger partial charge in [-0.1, -0.05) is 30.3 Å². The van der Waals surface area contributed by atoms with Crippen LogP contribution in [0, 0.1) is 11.3 Å². The second-order valence-electron chi connectivity index (χ2n) is 4.26.